The summed E-state index contributed by atoms with van der Waals surface area (Å²) in [6.45, 7) is 13.4. The third kappa shape index (κ3) is 6.69. The number of unbranched alkanes of at least 4 members (excludes halogenated alkanes) is 2. The molecule has 0 aliphatic rings. The highest BCUT2D eigenvalue weighted by atomic mass is 28.4. The molecule has 0 N–H and O–H groups in total. The molecule has 2 heteroatoms. The fourth-order valence-corrected chi connectivity index (χ4v) is 2.72. The van der Waals surface area contributed by atoms with E-state index in [9.17, 15) is 0 Å². The highest BCUT2D eigenvalue weighted by Gasteiger charge is 2.39. The number of para-hydroxylation sites is 1. The summed E-state index contributed by atoms with van der Waals surface area (Å²) < 4.78 is 6.40. The van der Waals surface area contributed by atoms with Crippen LogP contribution in [0.4, 0.5) is 0 Å². The predicted octanol–water partition coefficient (Wildman–Crippen LogP) is 6.17. The monoisotopic (exact) mass is 338 g/mol. The van der Waals surface area contributed by atoms with Gasteiger partial charge in [0.15, 0.2) is 0 Å². The van der Waals surface area contributed by atoms with Gasteiger partial charge in [0.25, 0.3) is 8.32 Å². The summed E-state index contributed by atoms with van der Waals surface area (Å²) in [6, 6.07) is 8.02. The smallest absolute Gasteiger partial charge is 0.250 e. The molecule has 0 fully saturated rings. The van der Waals surface area contributed by atoms with E-state index in [0.29, 0.717) is 0 Å². The molecule has 0 amide bonds. The molecule has 0 aliphatic heterocycles. The zero-order valence-corrected chi connectivity index (χ0v) is 17.0. The summed E-state index contributed by atoms with van der Waals surface area (Å²) in [7, 11) is -1.86. The number of hydrogen-bond acceptors (Lipinski definition) is 1. The maximum absolute atomic E-state index is 6.40. The summed E-state index contributed by atoms with van der Waals surface area (Å²) >= 11 is 0. The van der Waals surface area contributed by atoms with Gasteiger partial charge in [-0.2, -0.15) is 0 Å². The van der Waals surface area contributed by atoms with Gasteiger partial charge in [-0.15, -0.1) is 0 Å². The van der Waals surface area contributed by atoms with Crippen LogP contribution in [0.2, 0.25) is 18.1 Å². The Morgan fingerprint density at radius 3 is 2.42 bits per heavy atom. The van der Waals surface area contributed by atoms with E-state index in [0.717, 1.165) is 24.2 Å². The summed E-state index contributed by atoms with van der Waals surface area (Å²) in [4.78, 5) is 0. The molecule has 0 atom stereocenters. The summed E-state index contributed by atoms with van der Waals surface area (Å²) in [6.07, 6.45) is 6.92. The van der Waals surface area contributed by atoms with E-state index < -0.39 is 8.32 Å². The minimum atomic E-state index is -1.86. The normalized spacial score (nSPS) is 11.4. The Hall–Kier alpha value is -1.90. The van der Waals surface area contributed by atoms with Gasteiger partial charge in [-0.3, -0.25) is 0 Å². The molecule has 0 spiro atoms. The van der Waals surface area contributed by atoms with E-state index in [-0.39, 0.29) is 5.04 Å². The van der Waals surface area contributed by atoms with Crippen LogP contribution in [-0.2, 0) is 0 Å². The van der Waals surface area contributed by atoms with E-state index in [2.05, 4.69) is 64.5 Å². The molecule has 0 bridgehead atoms. The Morgan fingerprint density at radius 2 is 1.75 bits per heavy atom. The van der Waals surface area contributed by atoms with Gasteiger partial charge in [0.2, 0.25) is 0 Å². The Morgan fingerprint density at radius 1 is 1.08 bits per heavy atom. The van der Waals surface area contributed by atoms with Crippen molar-refractivity contribution in [3.05, 3.63) is 42.0 Å². The van der Waals surface area contributed by atoms with Crippen LogP contribution in [0, 0.1) is 23.7 Å². The van der Waals surface area contributed by atoms with Crippen LogP contribution in [0.1, 0.15) is 52.5 Å². The van der Waals surface area contributed by atoms with Crippen molar-refractivity contribution in [3.8, 4) is 29.4 Å². The number of benzene rings is 1. The van der Waals surface area contributed by atoms with Crippen molar-refractivity contribution in [3.63, 3.8) is 0 Å². The number of allylic oxidation sites excluding steroid dienone is 2. The zero-order valence-electron chi connectivity index (χ0n) is 16.0. The van der Waals surface area contributed by atoms with Crippen molar-refractivity contribution in [2.75, 3.05) is 0 Å². The molecule has 0 aromatic heterocycles. The summed E-state index contributed by atoms with van der Waals surface area (Å²) in [5, 5.41) is 0.168. The molecule has 0 radical (unpaired) electrons. The van der Waals surface area contributed by atoms with Crippen molar-refractivity contribution >= 4 is 8.32 Å². The first kappa shape index (κ1) is 20.1. The van der Waals surface area contributed by atoms with Crippen LogP contribution < -0.4 is 4.43 Å². The molecule has 128 valence electrons. The Labute approximate surface area is 149 Å². The fraction of sp³-hybridized carbons (Fsp3) is 0.455. The fourth-order valence-electron chi connectivity index (χ4n) is 1.69. The van der Waals surface area contributed by atoms with Crippen LogP contribution in [0.3, 0.4) is 0 Å². The molecule has 1 nitrogen and oxygen atoms in total. The van der Waals surface area contributed by atoms with Gasteiger partial charge >= 0.3 is 0 Å². The molecule has 0 saturated carbocycles. The first-order valence-electron chi connectivity index (χ1n) is 8.71. The molecule has 1 rings (SSSR count). The number of rotatable bonds is 4. The lowest BCUT2D eigenvalue weighted by atomic mass is 10.2. The van der Waals surface area contributed by atoms with Gasteiger partial charge in [-0.1, -0.05) is 69.9 Å². The van der Waals surface area contributed by atoms with E-state index in [1.165, 1.54) is 6.42 Å². The van der Waals surface area contributed by atoms with Crippen LogP contribution in [-0.4, -0.2) is 8.32 Å². The van der Waals surface area contributed by atoms with Crippen molar-refractivity contribution in [1.82, 2.24) is 0 Å². The van der Waals surface area contributed by atoms with Crippen molar-refractivity contribution in [2.45, 2.75) is 65.1 Å². The molecule has 0 saturated heterocycles. The Kier molecular flexibility index (Phi) is 7.89. The first-order chi connectivity index (χ1) is 11.3. The third-order valence-corrected chi connectivity index (χ3v) is 8.62. The zero-order chi connectivity index (χ0) is 18.1. The van der Waals surface area contributed by atoms with Crippen molar-refractivity contribution in [1.29, 1.82) is 0 Å². The highest BCUT2D eigenvalue weighted by molar-refractivity contribution is 6.74. The maximum Gasteiger partial charge on any atom is 0.250 e. The average molecular weight is 339 g/mol. The third-order valence-electron chi connectivity index (χ3n) is 4.27. The van der Waals surface area contributed by atoms with Crippen molar-refractivity contribution < 1.29 is 4.43 Å². The number of hydrogen-bond donors (Lipinski definition) is 0. The van der Waals surface area contributed by atoms with Crippen LogP contribution in [0.25, 0.3) is 0 Å². The topological polar surface area (TPSA) is 9.23 Å². The predicted molar refractivity (Wildman–Crippen MR) is 108 cm³/mol. The second-order valence-electron chi connectivity index (χ2n) is 7.39. The molecule has 24 heavy (non-hydrogen) atoms. The molecule has 0 aliphatic carbocycles. The lowest BCUT2D eigenvalue weighted by molar-refractivity contribution is 0.491. The Bertz CT molecular complexity index is 670. The van der Waals surface area contributed by atoms with Gasteiger partial charge in [0.1, 0.15) is 5.75 Å². The standard InChI is InChI=1S/C22H30OSi/c1-7-8-9-10-11-12-13-14-17-20-18-15-16-19-21(20)23-24(5,6)22(2,3)4/h12-13,15-16,18-19H,7-9H2,1-6H3/b13-12-. The SMILES string of the molecule is CCCCC#C/C=C\C#Cc1ccccc1O[Si](C)(C)C(C)(C)C. The van der Waals surface area contributed by atoms with Crippen LogP contribution in [0.5, 0.6) is 5.75 Å². The van der Waals surface area contributed by atoms with Crippen LogP contribution in [0.15, 0.2) is 36.4 Å². The van der Waals surface area contributed by atoms with E-state index >= 15 is 0 Å². The summed E-state index contributed by atoms with van der Waals surface area (Å²) in [5.41, 5.74) is 0.936. The molecule has 1 aromatic carbocycles. The van der Waals surface area contributed by atoms with Gasteiger partial charge in [0.05, 0.1) is 5.56 Å². The lowest BCUT2D eigenvalue weighted by Gasteiger charge is -2.36. The maximum atomic E-state index is 6.40. The van der Waals surface area contributed by atoms with Gasteiger partial charge in [-0.25, -0.2) is 0 Å². The summed E-state index contributed by atoms with van der Waals surface area (Å²) in [5.74, 6) is 13.3. The first-order valence-corrected chi connectivity index (χ1v) is 11.6. The lowest BCUT2D eigenvalue weighted by Crippen LogP contribution is -2.44. The average Bonchev–Trinajstić information content (AvgIpc) is 2.50. The Balaban J connectivity index is 2.83. The molecular formula is C22H30OSi. The largest absolute Gasteiger partial charge is 0.543 e. The molecule has 0 unspecified atom stereocenters. The van der Waals surface area contributed by atoms with Crippen molar-refractivity contribution in [2.24, 2.45) is 0 Å². The molecule has 0 heterocycles. The minimum Gasteiger partial charge on any atom is -0.543 e. The second kappa shape index (κ2) is 9.41. The van der Waals surface area contributed by atoms with E-state index in [1.807, 2.05) is 36.4 Å². The van der Waals surface area contributed by atoms with E-state index in [1.54, 1.807) is 0 Å². The van der Waals surface area contributed by atoms with Gasteiger partial charge < -0.3 is 4.43 Å². The quantitative estimate of drug-likeness (QED) is 0.362. The van der Waals surface area contributed by atoms with E-state index in [4.69, 9.17) is 4.43 Å². The highest BCUT2D eigenvalue weighted by Crippen LogP contribution is 2.37. The second-order valence-corrected chi connectivity index (χ2v) is 12.1. The molecule has 1 aromatic rings. The molecular weight excluding hydrogens is 308 g/mol. The minimum absolute atomic E-state index is 0.168. The van der Waals surface area contributed by atoms with Crippen LogP contribution >= 0.6 is 0 Å². The van der Waals surface area contributed by atoms with Gasteiger partial charge in [0, 0.05) is 6.42 Å². The van der Waals surface area contributed by atoms with Gasteiger partial charge in [-0.05, 0) is 48.8 Å².